The standard InChI is InChI=1S/C12H13Cl2NO3/c13-10-2-1-8(5-11(10)14)18-9-3-4-15(6-9)7-12(16)17/h1-2,5,9H,3-4,6-7H2,(H,16,17)/t9-/m1/s1. The highest BCUT2D eigenvalue weighted by molar-refractivity contribution is 6.42. The third kappa shape index (κ3) is 3.51. The molecule has 0 saturated carbocycles. The van der Waals surface area contributed by atoms with Gasteiger partial charge in [0.15, 0.2) is 0 Å². The lowest BCUT2D eigenvalue weighted by molar-refractivity contribution is -0.138. The van der Waals surface area contributed by atoms with Crippen molar-refractivity contribution in [1.82, 2.24) is 4.90 Å². The number of rotatable bonds is 4. The average Bonchev–Trinajstić information content (AvgIpc) is 2.70. The molecule has 0 amide bonds. The maximum atomic E-state index is 10.6. The van der Waals surface area contributed by atoms with Gasteiger partial charge in [-0.1, -0.05) is 23.2 Å². The lowest BCUT2D eigenvalue weighted by Gasteiger charge is -2.15. The summed E-state index contributed by atoms with van der Waals surface area (Å²) in [5.74, 6) is -0.156. The Morgan fingerprint density at radius 2 is 2.22 bits per heavy atom. The molecule has 0 aliphatic carbocycles. The van der Waals surface area contributed by atoms with Crippen LogP contribution < -0.4 is 4.74 Å². The second kappa shape index (κ2) is 5.78. The number of carboxylic acids is 1. The molecular weight excluding hydrogens is 277 g/mol. The quantitative estimate of drug-likeness (QED) is 0.925. The van der Waals surface area contributed by atoms with E-state index in [0.717, 1.165) is 13.0 Å². The van der Waals surface area contributed by atoms with E-state index in [1.807, 2.05) is 4.90 Å². The molecule has 4 nitrogen and oxygen atoms in total. The number of benzene rings is 1. The van der Waals surface area contributed by atoms with E-state index in [2.05, 4.69) is 0 Å². The van der Waals surface area contributed by atoms with Crippen molar-refractivity contribution >= 4 is 29.2 Å². The molecule has 1 aromatic carbocycles. The third-order valence-electron chi connectivity index (χ3n) is 2.78. The van der Waals surface area contributed by atoms with E-state index in [9.17, 15) is 4.79 Å². The van der Waals surface area contributed by atoms with E-state index < -0.39 is 5.97 Å². The maximum Gasteiger partial charge on any atom is 0.317 e. The maximum absolute atomic E-state index is 10.6. The highest BCUT2D eigenvalue weighted by Gasteiger charge is 2.25. The van der Waals surface area contributed by atoms with E-state index in [4.69, 9.17) is 33.0 Å². The van der Waals surface area contributed by atoms with Crippen LogP contribution in [0, 0.1) is 0 Å². The summed E-state index contributed by atoms with van der Waals surface area (Å²) in [4.78, 5) is 12.4. The molecule has 0 radical (unpaired) electrons. The summed E-state index contributed by atoms with van der Waals surface area (Å²) in [7, 11) is 0. The fourth-order valence-electron chi connectivity index (χ4n) is 1.97. The summed E-state index contributed by atoms with van der Waals surface area (Å²) in [6.07, 6.45) is 0.814. The van der Waals surface area contributed by atoms with Gasteiger partial charge in [-0.25, -0.2) is 0 Å². The zero-order valence-corrected chi connectivity index (χ0v) is 11.1. The normalized spacial score (nSPS) is 20.0. The molecule has 18 heavy (non-hydrogen) atoms. The van der Waals surface area contributed by atoms with E-state index in [-0.39, 0.29) is 12.6 Å². The highest BCUT2D eigenvalue weighted by atomic mass is 35.5. The topological polar surface area (TPSA) is 49.8 Å². The molecule has 1 aliphatic heterocycles. The Morgan fingerprint density at radius 3 is 2.89 bits per heavy atom. The zero-order chi connectivity index (χ0) is 13.1. The molecule has 98 valence electrons. The Morgan fingerprint density at radius 1 is 1.44 bits per heavy atom. The summed E-state index contributed by atoms with van der Waals surface area (Å²) in [5, 5.41) is 9.64. The van der Waals surface area contributed by atoms with Gasteiger partial charge in [0.25, 0.3) is 0 Å². The number of carbonyl (C=O) groups is 1. The van der Waals surface area contributed by atoms with Gasteiger partial charge in [-0.2, -0.15) is 0 Å². The predicted octanol–water partition coefficient (Wildman–Crippen LogP) is 2.53. The van der Waals surface area contributed by atoms with Crippen LogP contribution in [0.1, 0.15) is 6.42 Å². The zero-order valence-electron chi connectivity index (χ0n) is 9.60. The molecule has 1 N–H and O–H groups in total. The number of halogens is 2. The summed E-state index contributed by atoms with van der Waals surface area (Å²) in [6.45, 7) is 1.41. The van der Waals surface area contributed by atoms with Gasteiger partial charge in [0, 0.05) is 19.2 Å². The molecule has 1 aliphatic rings. The first kappa shape index (κ1) is 13.5. The van der Waals surface area contributed by atoms with Crippen molar-refractivity contribution in [2.24, 2.45) is 0 Å². The van der Waals surface area contributed by atoms with E-state index in [0.29, 0.717) is 22.3 Å². The van der Waals surface area contributed by atoms with Crippen LogP contribution in [0.5, 0.6) is 5.75 Å². The van der Waals surface area contributed by atoms with E-state index >= 15 is 0 Å². The lowest BCUT2D eigenvalue weighted by atomic mass is 10.3. The molecular formula is C12H13Cl2NO3. The molecule has 0 bridgehead atoms. The van der Waals surface area contributed by atoms with Crippen LogP contribution in [0.3, 0.4) is 0 Å². The molecule has 1 saturated heterocycles. The number of likely N-dealkylation sites (tertiary alicyclic amines) is 1. The minimum absolute atomic E-state index is 0.00147. The number of hydrogen-bond donors (Lipinski definition) is 1. The molecule has 0 aromatic heterocycles. The minimum atomic E-state index is -0.815. The monoisotopic (exact) mass is 289 g/mol. The van der Waals surface area contributed by atoms with Crippen molar-refractivity contribution in [3.8, 4) is 5.75 Å². The van der Waals surface area contributed by atoms with E-state index in [1.54, 1.807) is 18.2 Å². The average molecular weight is 290 g/mol. The minimum Gasteiger partial charge on any atom is -0.489 e. The van der Waals surface area contributed by atoms with Crippen molar-refractivity contribution in [3.05, 3.63) is 28.2 Å². The van der Waals surface area contributed by atoms with Gasteiger partial charge in [-0.05, 0) is 18.6 Å². The van der Waals surface area contributed by atoms with Gasteiger partial charge < -0.3 is 9.84 Å². The third-order valence-corrected chi connectivity index (χ3v) is 3.52. The van der Waals surface area contributed by atoms with E-state index in [1.165, 1.54) is 0 Å². The summed E-state index contributed by atoms with van der Waals surface area (Å²) >= 11 is 11.7. The Balaban J connectivity index is 1.91. The molecule has 0 spiro atoms. The van der Waals surface area contributed by atoms with Crippen LogP contribution in [-0.4, -0.2) is 41.7 Å². The summed E-state index contributed by atoms with van der Waals surface area (Å²) in [5.41, 5.74) is 0. The Bertz CT molecular complexity index is 453. The first-order valence-electron chi connectivity index (χ1n) is 5.60. The van der Waals surface area contributed by atoms with Gasteiger partial charge in [0.05, 0.1) is 16.6 Å². The van der Waals surface area contributed by atoms with Gasteiger partial charge in [-0.3, -0.25) is 9.69 Å². The van der Waals surface area contributed by atoms with Crippen molar-refractivity contribution in [1.29, 1.82) is 0 Å². The van der Waals surface area contributed by atoms with Crippen LogP contribution >= 0.6 is 23.2 Å². The fourth-order valence-corrected chi connectivity index (χ4v) is 2.26. The van der Waals surface area contributed by atoms with Gasteiger partial charge in [-0.15, -0.1) is 0 Å². The fraction of sp³-hybridized carbons (Fsp3) is 0.417. The lowest BCUT2D eigenvalue weighted by Crippen LogP contribution is -2.29. The van der Waals surface area contributed by atoms with Crippen LogP contribution in [0.4, 0.5) is 0 Å². The first-order valence-corrected chi connectivity index (χ1v) is 6.36. The smallest absolute Gasteiger partial charge is 0.317 e. The summed E-state index contributed by atoms with van der Waals surface area (Å²) in [6, 6.07) is 5.11. The van der Waals surface area contributed by atoms with Crippen LogP contribution in [0.2, 0.25) is 10.0 Å². The van der Waals surface area contributed by atoms with Crippen molar-refractivity contribution < 1.29 is 14.6 Å². The molecule has 0 unspecified atom stereocenters. The number of ether oxygens (including phenoxy) is 1. The first-order chi connectivity index (χ1) is 8.54. The van der Waals surface area contributed by atoms with Crippen molar-refractivity contribution in [2.75, 3.05) is 19.6 Å². The molecule has 2 rings (SSSR count). The van der Waals surface area contributed by atoms with Crippen LogP contribution in [0.15, 0.2) is 18.2 Å². The molecule has 1 heterocycles. The molecule has 1 fully saturated rings. The molecule has 1 aromatic rings. The second-order valence-corrected chi connectivity index (χ2v) is 5.05. The number of aliphatic carboxylic acids is 1. The predicted molar refractivity (Wildman–Crippen MR) is 69.6 cm³/mol. The largest absolute Gasteiger partial charge is 0.489 e. The van der Waals surface area contributed by atoms with Crippen LogP contribution in [-0.2, 0) is 4.79 Å². The van der Waals surface area contributed by atoms with Gasteiger partial charge >= 0.3 is 5.97 Å². The molecule has 1 atom stereocenters. The Labute approximate surface area is 115 Å². The number of hydrogen-bond acceptors (Lipinski definition) is 3. The second-order valence-electron chi connectivity index (χ2n) is 4.23. The van der Waals surface area contributed by atoms with Gasteiger partial charge in [0.1, 0.15) is 11.9 Å². The molecule has 6 heteroatoms. The van der Waals surface area contributed by atoms with Gasteiger partial charge in [0.2, 0.25) is 0 Å². The van der Waals surface area contributed by atoms with Crippen molar-refractivity contribution in [2.45, 2.75) is 12.5 Å². The highest BCUT2D eigenvalue weighted by Crippen LogP contribution is 2.27. The van der Waals surface area contributed by atoms with Crippen LogP contribution in [0.25, 0.3) is 0 Å². The summed E-state index contributed by atoms with van der Waals surface area (Å²) < 4.78 is 5.75. The SMILES string of the molecule is O=C(O)CN1CC[C@@H](Oc2ccc(Cl)c(Cl)c2)C1. The number of nitrogens with zero attached hydrogens (tertiary/aromatic N) is 1. The number of carboxylic acid groups (broad SMARTS) is 1. The Hall–Kier alpha value is -0.970. The van der Waals surface area contributed by atoms with Crippen molar-refractivity contribution in [3.63, 3.8) is 0 Å². The Kier molecular flexibility index (Phi) is 4.32.